The van der Waals surface area contributed by atoms with E-state index in [2.05, 4.69) is 17.9 Å². The summed E-state index contributed by atoms with van der Waals surface area (Å²) < 4.78 is 9.43. The number of esters is 1. The van der Waals surface area contributed by atoms with Crippen LogP contribution in [0.15, 0.2) is 24.8 Å². The van der Waals surface area contributed by atoms with E-state index >= 15 is 0 Å². The first-order chi connectivity index (χ1) is 7.58. The molecule has 0 radical (unpaired) electrons. The fourth-order valence-corrected chi connectivity index (χ4v) is 0.477. The van der Waals surface area contributed by atoms with E-state index < -0.39 is 0 Å². The number of ether oxygens (including phenoxy) is 2. The summed E-state index contributed by atoms with van der Waals surface area (Å²) in [5.41, 5.74) is 1.09. The molecule has 0 aliphatic heterocycles. The molecule has 0 N–H and O–H groups in total. The van der Waals surface area contributed by atoms with Crippen molar-refractivity contribution in [1.29, 1.82) is 0 Å². The first-order valence-electron chi connectivity index (χ1n) is 4.88. The molecule has 0 aromatic carbocycles. The van der Waals surface area contributed by atoms with Crippen molar-refractivity contribution in [2.75, 3.05) is 19.8 Å². The molecule has 0 unspecified atom stereocenters. The summed E-state index contributed by atoms with van der Waals surface area (Å²) in [6, 6.07) is 0. The largest absolute Gasteiger partial charge is 0.463 e. The molecule has 0 aliphatic rings. The van der Waals surface area contributed by atoms with Crippen LogP contribution in [0.1, 0.15) is 20.8 Å². The van der Waals surface area contributed by atoms with Gasteiger partial charge in [-0.3, -0.25) is 0 Å². The molecule has 0 atom stereocenters. The Bertz CT molecular complexity index is 187. The van der Waals surface area contributed by atoms with Crippen LogP contribution in [0.25, 0.3) is 0 Å². The predicted octanol–water partition coefficient (Wildman–Crippen LogP) is 2.15. The quantitative estimate of drug-likeness (QED) is 0.412. The molecule has 0 aromatic rings. The van der Waals surface area contributed by atoms with Crippen molar-refractivity contribution in [1.82, 2.24) is 0 Å². The monoisotopic (exact) mass is 230 g/mol. The molecule has 0 aliphatic carbocycles. The summed E-state index contributed by atoms with van der Waals surface area (Å²) in [7, 11) is 0. The van der Waals surface area contributed by atoms with E-state index in [0.717, 1.165) is 18.3 Å². The second kappa shape index (κ2) is 19.2. The summed E-state index contributed by atoms with van der Waals surface area (Å²) in [5.74, 6) is -0.359. The molecule has 16 heavy (non-hydrogen) atoms. The number of hydrogen-bond acceptors (Lipinski definition) is 4. The summed E-state index contributed by atoms with van der Waals surface area (Å²) in [5, 5.41) is 0. The highest BCUT2D eigenvalue weighted by atomic mass is 16.5. The molecular formula is C12H22O4. The van der Waals surface area contributed by atoms with Crippen molar-refractivity contribution in [3.8, 4) is 0 Å². The van der Waals surface area contributed by atoms with Crippen LogP contribution in [-0.4, -0.2) is 32.6 Å². The smallest absolute Gasteiger partial charge is 0.330 e. The molecule has 0 amide bonds. The summed E-state index contributed by atoms with van der Waals surface area (Å²) >= 11 is 0. The Morgan fingerprint density at radius 1 is 1.25 bits per heavy atom. The Hall–Kier alpha value is -1.42. The first-order valence-corrected chi connectivity index (χ1v) is 4.88. The van der Waals surface area contributed by atoms with Gasteiger partial charge >= 0.3 is 5.97 Å². The Kier molecular flexibility index (Phi) is 24.1. The lowest BCUT2D eigenvalue weighted by molar-refractivity contribution is -0.137. The highest BCUT2D eigenvalue weighted by Crippen LogP contribution is 1.85. The van der Waals surface area contributed by atoms with Gasteiger partial charge in [-0.05, 0) is 20.8 Å². The van der Waals surface area contributed by atoms with Crippen molar-refractivity contribution in [2.45, 2.75) is 20.8 Å². The fraction of sp³-hybridized carbons (Fsp3) is 0.500. The lowest BCUT2D eigenvalue weighted by Gasteiger charge is -1.95. The lowest BCUT2D eigenvalue weighted by atomic mass is 10.4. The van der Waals surface area contributed by atoms with Gasteiger partial charge in [0.1, 0.15) is 6.79 Å². The van der Waals surface area contributed by atoms with Crippen molar-refractivity contribution in [2.24, 2.45) is 0 Å². The molecule has 94 valence electrons. The molecule has 0 fully saturated rings. The average molecular weight is 230 g/mol. The van der Waals surface area contributed by atoms with Gasteiger partial charge in [-0.25, -0.2) is 4.79 Å². The van der Waals surface area contributed by atoms with E-state index in [1.165, 1.54) is 0 Å². The van der Waals surface area contributed by atoms with Crippen molar-refractivity contribution >= 4 is 12.8 Å². The highest BCUT2D eigenvalue weighted by molar-refractivity contribution is 5.81. The van der Waals surface area contributed by atoms with Gasteiger partial charge < -0.3 is 14.3 Å². The second-order valence-corrected chi connectivity index (χ2v) is 2.55. The standard InChI is InChI=1S/C6H12O.C5H8O2.CH2O/c1-4-7-5-6(2)3;1-3-5(6)7-4-2;1-2/h2,4-5H2,1,3H3;3H,1,4H2,2H3;1H2. The Labute approximate surface area is 97.9 Å². The molecule has 0 spiro atoms. The Morgan fingerprint density at radius 3 is 1.88 bits per heavy atom. The minimum Gasteiger partial charge on any atom is -0.463 e. The average Bonchev–Trinajstić information content (AvgIpc) is 2.30. The van der Waals surface area contributed by atoms with Gasteiger partial charge in [0.15, 0.2) is 0 Å². The molecule has 0 rings (SSSR count). The normalized spacial score (nSPS) is 7.44. The second-order valence-electron chi connectivity index (χ2n) is 2.55. The van der Waals surface area contributed by atoms with Gasteiger partial charge in [-0.1, -0.05) is 18.7 Å². The van der Waals surface area contributed by atoms with Crippen LogP contribution in [-0.2, 0) is 19.1 Å². The van der Waals surface area contributed by atoms with Crippen LogP contribution in [0.4, 0.5) is 0 Å². The van der Waals surface area contributed by atoms with Crippen LogP contribution < -0.4 is 0 Å². The maximum atomic E-state index is 10.1. The van der Waals surface area contributed by atoms with Gasteiger partial charge in [0.25, 0.3) is 0 Å². The number of carbonyl (C=O) groups is 2. The van der Waals surface area contributed by atoms with E-state index in [1.807, 2.05) is 20.6 Å². The summed E-state index contributed by atoms with van der Waals surface area (Å²) in [6.07, 6.45) is 1.14. The maximum absolute atomic E-state index is 10.1. The van der Waals surface area contributed by atoms with Crippen molar-refractivity contribution < 1.29 is 19.1 Å². The maximum Gasteiger partial charge on any atom is 0.330 e. The Balaban J connectivity index is -0.000000183. The SMILES string of the molecule is C=C(C)COCC.C=CC(=O)OCC.C=O. The molecule has 0 saturated heterocycles. The zero-order chi connectivity index (χ0) is 13.4. The van der Waals surface area contributed by atoms with Gasteiger partial charge in [-0.2, -0.15) is 0 Å². The molecule has 4 heteroatoms. The van der Waals surface area contributed by atoms with E-state index in [-0.39, 0.29) is 5.97 Å². The molecular weight excluding hydrogens is 208 g/mol. The third-order valence-corrected chi connectivity index (χ3v) is 1.01. The minimum atomic E-state index is -0.359. The zero-order valence-electron chi connectivity index (χ0n) is 10.5. The van der Waals surface area contributed by atoms with E-state index in [1.54, 1.807) is 6.92 Å². The zero-order valence-corrected chi connectivity index (χ0v) is 10.5. The fourth-order valence-electron chi connectivity index (χ4n) is 0.477. The highest BCUT2D eigenvalue weighted by Gasteiger charge is 1.86. The van der Waals surface area contributed by atoms with Crippen LogP contribution >= 0.6 is 0 Å². The Morgan fingerprint density at radius 2 is 1.75 bits per heavy atom. The molecule has 0 saturated carbocycles. The summed E-state index contributed by atoms with van der Waals surface area (Å²) in [4.78, 5) is 18.1. The van der Waals surface area contributed by atoms with E-state index in [0.29, 0.717) is 13.2 Å². The third-order valence-electron chi connectivity index (χ3n) is 1.01. The van der Waals surface area contributed by atoms with E-state index in [4.69, 9.17) is 9.53 Å². The van der Waals surface area contributed by atoms with Crippen LogP contribution in [0.3, 0.4) is 0 Å². The molecule has 0 aromatic heterocycles. The van der Waals surface area contributed by atoms with Gasteiger partial charge in [0.2, 0.25) is 0 Å². The van der Waals surface area contributed by atoms with Gasteiger partial charge in [0, 0.05) is 12.7 Å². The van der Waals surface area contributed by atoms with Gasteiger partial charge in [0.05, 0.1) is 13.2 Å². The predicted molar refractivity (Wildman–Crippen MR) is 65.3 cm³/mol. The molecule has 0 heterocycles. The van der Waals surface area contributed by atoms with Crippen LogP contribution in [0.5, 0.6) is 0 Å². The van der Waals surface area contributed by atoms with Gasteiger partial charge in [-0.15, -0.1) is 0 Å². The number of hydrogen-bond donors (Lipinski definition) is 0. The van der Waals surface area contributed by atoms with Crippen molar-refractivity contribution in [3.05, 3.63) is 24.8 Å². The molecule has 4 nitrogen and oxygen atoms in total. The number of rotatable bonds is 5. The van der Waals surface area contributed by atoms with E-state index in [9.17, 15) is 4.79 Å². The first kappa shape index (κ1) is 20.1. The van der Waals surface area contributed by atoms with Crippen LogP contribution in [0, 0.1) is 0 Å². The van der Waals surface area contributed by atoms with Crippen LogP contribution in [0.2, 0.25) is 0 Å². The minimum absolute atomic E-state index is 0.359. The van der Waals surface area contributed by atoms with Crippen molar-refractivity contribution in [3.63, 3.8) is 0 Å². The lowest BCUT2D eigenvalue weighted by Crippen LogP contribution is -1.97. The number of carbonyl (C=O) groups excluding carboxylic acids is 2. The topological polar surface area (TPSA) is 52.6 Å². The summed E-state index contributed by atoms with van der Waals surface area (Å²) in [6.45, 7) is 16.5. The third kappa shape index (κ3) is 29.4. The molecule has 0 bridgehead atoms.